The van der Waals surface area contributed by atoms with Gasteiger partial charge in [-0.2, -0.15) is 0 Å². The van der Waals surface area contributed by atoms with Gasteiger partial charge in [-0.3, -0.25) is 0 Å². The van der Waals surface area contributed by atoms with Crippen LogP contribution in [-0.2, 0) is 9.84 Å². The van der Waals surface area contributed by atoms with E-state index >= 15 is 0 Å². The van der Waals surface area contributed by atoms with Crippen LogP contribution in [0, 0.1) is 10.8 Å². The van der Waals surface area contributed by atoms with Crippen LogP contribution in [0.3, 0.4) is 0 Å². The highest BCUT2D eigenvalue weighted by molar-refractivity contribution is 7.91. The van der Waals surface area contributed by atoms with Crippen LogP contribution in [0.5, 0.6) is 0 Å². The minimum Gasteiger partial charge on any atom is -0.390 e. The molecule has 1 heterocycles. The van der Waals surface area contributed by atoms with E-state index in [-0.39, 0.29) is 23.5 Å². The predicted octanol–water partition coefficient (Wildman–Crippen LogP) is 1.33. The topological polar surface area (TPSA) is 80.4 Å². The number of hydrogen-bond donors (Lipinski definition) is 2. The van der Waals surface area contributed by atoms with Gasteiger partial charge in [-0.25, -0.2) is 8.42 Å². The third-order valence-electron chi connectivity index (χ3n) is 4.28. The van der Waals surface area contributed by atoms with Crippen LogP contribution in [0.1, 0.15) is 47.0 Å². The zero-order valence-electron chi connectivity index (χ0n) is 12.0. The summed E-state index contributed by atoms with van der Waals surface area (Å²) in [5.74, 6) is 0.170. The first-order valence-electron chi connectivity index (χ1n) is 6.56. The minimum absolute atomic E-state index is 0.0215. The molecule has 0 aromatic heterocycles. The van der Waals surface area contributed by atoms with Crippen molar-refractivity contribution in [2.45, 2.75) is 52.6 Å². The standard InChI is InChI=1S/C13H27NO3S/c1-11(2,3)5-6-12(4,15)13(9-14)7-8-18(16,17)10-13/h15H,5-10,14H2,1-4H3. The first kappa shape index (κ1) is 15.9. The Labute approximate surface area is 111 Å². The summed E-state index contributed by atoms with van der Waals surface area (Å²) in [5, 5.41) is 10.7. The van der Waals surface area contributed by atoms with Crippen molar-refractivity contribution in [1.29, 1.82) is 0 Å². The summed E-state index contributed by atoms with van der Waals surface area (Å²) in [7, 11) is -3.04. The highest BCUT2D eigenvalue weighted by Crippen LogP contribution is 2.44. The van der Waals surface area contributed by atoms with E-state index in [4.69, 9.17) is 5.73 Å². The summed E-state index contributed by atoms with van der Waals surface area (Å²) in [5.41, 5.74) is 4.23. The van der Waals surface area contributed by atoms with Gasteiger partial charge >= 0.3 is 0 Å². The maximum Gasteiger partial charge on any atom is 0.151 e. The molecule has 1 fully saturated rings. The van der Waals surface area contributed by atoms with E-state index in [1.165, 1.54) is 0 Å². The van der Waals surface area contributed by atoms with Gasteiger partial charge in [0.1, 0.15) is 0 Å². The largest absolute Gasteiger partial charge is 0.390 e. The van der Waals surface area contributed by atoms with Crippen LogP contribution >= 0.6 is 0 Å². The lowest BCUT2D eigenvalue weighted by Gasteiger charge is -2.42. The zero-order chi connectivity index (χ0) is 14.2. The van der Waals surface area contributed by atoms with Gasteiger partial charge in [0, 0.05) is 12.0 Å². The van der Waals surface area contributed by atoms with Crippen LogP contribution in [0.2, 0.25) is 0 Å². The molecule has 18 heavy (non-hydrogen) atoms. The van der Waals surface area contributed by atoms with Crippen molar-refractivity contribution in [3.8, 4) is 0 Å². The third kappa shape index (κ3) is 3.45. The minimum atomic E-state index is -3.04. The summed E-state index contributed by atoms with van der Waals surface area (Å²) in [6, 6.07) is 0. The lowest BCUT2D eigenvalue weighted by Crippen LogP contribution is -2.52. The number of rotatable bonds is 4. The lowest BCUT2D eigenvalue weighted by atomic mass is 9.68. The molecule has 0 bridgehead atoms. The van der Waals surface area contributed by atoms with E-state index in [9.17, 15) is 13.5 Å². The maximum atomic E-state index is 11.7. The molecule has 0 radical (unpaired) electrons. The van der Waals surface area contributed by atoms with Crippen molar-refractivity contribution in [3.05, 3.63) is 0 Å². The normalized spacial score (nSPS) is 31.2. The smallest absolute Gasteiger partial charge is 0.151 e. The van der Waals surface area contributed by atoms with Gasteiger partial charge in [-0.05, 0) is 31.6 Å². The highest BCUT2D eigenvalue weighted by atomic mass is 32.2. The molecular weight excluding hydrogens is 250 g/mol. The van der Waals surface area contributed by atoms with E-state index < -0.39 is 20.9 Å². The Morgan fingerprint density at radius 2 is 1.78 bits per heavy atom. The van der Waals surface area contributed by atoms with Gasteiger partial charge in [0.2, 0.25) is 0 Å². The summed E-state index contributed by atoms with van der Waals surface area (Å²) in [6.45, 7) is 8.31. The van der Waals surface area contributed by atoms with E-state index in [0.717, 1.165) is 6.42 Å². The third-order valence-corrected chi connectivity index (χ3v) is 6.10. The van der Waals surface area contributed by atoms with Crippen molar-refractivity contribution in [2.24, 2.45) is 16.6 Å². The van der Waals surface area contributed by atoms with Crippen LogP contribution in [0.15, 0.2) is 0 Å². The molecule has 0 saturated carbocycles. The predicted molar refractivity (Wildman–Crippen MR) is 74.1 cm³/mol. The molecule has 2 atom stereocenters. The van der Waals surface area contributed by atoms with Gasteiger partial charge in [0.15, 0.2) is 9.84 Å². The Bertz CT molecular complexity index is 395. The molecule has 2 unspecified atom stereocenters. The van der Waals surface area contributed by atoms with Gasteiger partial charge in [0.05, 0.1) is 17.1 Å². The molecule has 1 rings (SSSR count). The maximum absolute atomic E-state index is 11.7. The monoisotopic (exact) mass is 277 g/mol. The first-order chi connectivity index (χ1) is 7.93. The molecule has 3 N–H and O–H groups in total. The molecule has 0 spiro atoms. The molecular formula is C13H27NO3S. The van der Waals surface area contributed by atoms with E-state index in [2.05, 4.69) is 20.8 Å². The Balaban J connectivity index is 2.88. The highest BCUT2D eigenvalue weighted by Gasteiger charge is 2.52. The van der Waals surface area contributed by atoms with E-state index in [1.807, 2.05) is 0 Å². The quantitative estimate of drug-likeness (QED) is 0.812. The average Bonchev–Trinajstić information content (AvgIpc) is 2.52. The van der Waals surface area contributed by atoms with Crippen molar-refractivity contribution in [3.63, 3.8) is 0 Å². The fraction of sp³-hybridized carbons (Fsp3) is 1.00. The SMILES string of the molecule is CC(C)(C)CCC(C)(O)C1(CN)CCS(=O)(=O)C1. The number of hydrogen-bond acceptors (Lipinski definition) is 4. The van der Waals surface area contributed by atoms with Crippen LogP contribution < -0.4 is 5.73 Å². The molecule has 0 aromatic rings. The first-order valence-corrected chi connectivity index (χ1v) is 8.38. The van der Waals surface area contributed by atoms with Crippen molar-refractivity contribution < 1.29 is 13.5 Å². The Hall–Kier alpha value is -0.130. The van der Waals surface area contributed by atoms with Gasteiger partial charge < -0.3 is 10.8 Å². The van der Waals surface area contributed by atoms with E-state index in [1.54, 1.807) is 6.92 Å². The number of aliphatic hydroxyl groups is 1. The van der Waals surface area contributed by atoms with Crippen LogP contribution in [0.4, 0.5) is 0 Å². The second-order valence-corrected chi connectivity index (χ2v) is 9.35. The fourth-order valence-electron chi connectivity index (χ4n) is 2.61. The number of sulfone groups is 1. The van der Waals surface area contributed by atoms with Crippen molar-refractivity contribution >= 4 is 9.84 Å². The zero-order valence-corrected chi connectivity index (χ0v) is 12.8. The van der Waals surface area contributed by atoms with E-state index in [0.29, 0.717) is 12.8 Å². The summed E-state index contributed by atoms with van der Waals surface area (Å²) in [6.07, 6.45) is 1.91. The molecule has 1 aliphatic rings. The fourth-order valence-corrected chi connectivity index (χ4v) is 4.87. The number of nitrogens with two attached hydrogens (primary N) is 1. The second-order valence-electron chi connectivity index (χ2n) is 7.16. The lowest BCUT2D eigenvalue weighted by molar-refractivity contribution is -0.0649. The summed E-state index contributed by atoms with van der Waals surface area (Å²) < 4.78 is 23.4. The van der Waals surface area contributed by atoms with Gasteiger partial charge in [-0.15, -0.1) is 0 Å². The van der Waals surface area contributed by atoms with Crippen molar-refractivity contribution in [1.82, 2.24) is 0 Å². The molecule has 5 heteroatoms. The molecule has 1 saturated heterocycles. The molecule has 0 amide bonds. The molecule has 1 aliphatic heterocycles. The van der Waals surface area contributed by atoms with Gasteiger partial charge in [0.25, 0.3) is 0 Å². The van der Waals surface area contributed by atoms with Gasteiger partial charge in [-0.1, -0.05) is 20.8 Å². The van der Waals surface area contributed by atoms with Crippen molar-refractivity contribution in [2.75, 3.05) is 18.1 Å². The Morgan fingerprint density at radius 3 is 2.11 bits per heavy atom. The average molecular weight is 277 g/mol. The second kappa shape index (κ2) is 4.76. The summed E-state index contributed by atoms with van der Waals surface area (Å²) in [4.78, 5) is 0. The Kier molecular flexibility index (Phi) is 4.21. The molecule has 108 valence electrons. The van der Waals surface area contributed by atoms with Crippen LogP contribution in [-0.4, -0.2) is 37.2 Å². The molecule has 0 aromatic carbocycles. The summed E-state index contributed by atoms with van der Waals surface area (Å²) >= 11 is 0. The molecule has 4 nitrogen and oxygen atoms in total. The van der Waals surface area contributed by atoms with Crippen LogP contribution in [0.25, 0.3) is 0 Å². The molecule has 0 aliphatic carbocycles. The Morgan fingerprint density at radius 1 is 1.22 bits per heavy atom.